The lowest BCUT2D eigenvalue weighted by Gasteiger charge is -2.24. The van der Waals surface area contributed by atoms with E-state index in [0.29, 0.717) is 13.0 Å². The lowest BCUT2D eigenvalue weighted by atomic mass is 9.94. The number of Topliss-reactive ketones (excluding diaryl/α,β-unsaturated/α-hetero) is 1. The number of hydrogen-bond acceptors (Lipinski definition) is 4. The first-order valence-corrected chi connectivity index (χ1v) is 4.74. The van der Waals surface area contributed by atoms with Gasteiger partial charge in [-0.1, -0.05) is 0 Å². The van der Waals surface area contributed by atoms with E-state index in [1.807, 2.05) is 0 Å². The van der Waals surface area contributed by atoms with Crippen LogP contribution in [0.4, 0.5) is 5.95 Å². The van der Waals surface area contributed by atoms with Crippen molar-refractivity contribution in [3.05, 3.63) is 17.6 Å². The van der Waals surface area contributed by atoms with Crippen LogP contribution >= 0.6 is 0 Å². The lowest BCUT2D eigenvalue weighted by molar-refractivity contribution is -0.116. The Morgan fingerprint density at radius 3 is 3.29 bits per heavy atom. The second kappa shape index (κ2) is 2.67. The Morgan fingerprint density at radius 1 is 1.43 bits per heavy atom. The summed E-state index contributed by atoms with van der Waals surface area (Å²) in [5.74, 6) is 0.998. The Labute approximate surface area is 80.8 Å². The quantitative estimate of drug-likeness (QED) is 0.654. The molecule has 1 aromatic rings. The summed E-state index contributed by atoms with van der Waals surface area (Å²) in [4.78, 5) is 15.7. The minimum atomic E-state index is 0.250. The van der Waals surface area contributed by atoms with Crippen LogP contribution in [0.15, 0.2) is 17.6 Å². The highest BCUT2D eigenvalue weighted by atomic mass is 16.1. The van der Waals surface area contributed by atoms with Crippen LogP contribution in [-0.4, -0.2) is 20.5 Å². The molecule has 0 atom stereocenters. The predicted octanol–water partition coefficient (Wildman–Crippen LogP) is 0.711. The minimum absolute atomic E-state index is 0.250. The first-order chi connectivity index (χ1) is 6.84. The number of carbonyl (C=O) groups excluding carboxylic acids is 1. The number of carbonyl (C=O) groups is 1. The Kier molecular flexibility index (Phi) is 1.47. The first-order valence-electron chi connectivity index (χ1n) is 4.74. The smallest absolute Gasteiger partial charge is 0.225 e. The number of allylic oxidation sites excluding steroid dienone is 2. The molecule has 0 saturated heterocycles. The van der Waals surface area contributed by atoms with Crippen LogP contribution in [0, 0.1) is 0 Å². The van der Waals surface area contributed by atoms with Gasteiger partial charge in [-0.3, -0.25) is 4.79 Å². The molecule has 72 valence electrons. The zero-order chi connectivity index (χ0) is 9.54. The number of rotatable bonds is 0. The Bertz CT molecular complexity index is 432. The van der Waals surface area contributed by atoms with Crippen LogP contribution in [0.2, 0.25) is 0 Å². The third-order valence-corrected chi connectivity index (χ3v) is 2.72. The molecule has 14 heavy (non-hydrogen) atoms. The van der Waals surface area contributed by atoms with Crippen LogP contribution in [-0.2, 0) is 11.3 Å². The molecule has 1 aliphatic carbocycles. The largest absolute Gasteiger partial charge is 0.328 e. The average Bonchev–Trinajstić information content (AvgIpc) is 2.62. The summed E-state index contributed by atoms with van der Waals surface area (Å²) in [7, 11) is 0. The van der Waals surface area contributed by atoms with E-state index >= 15 is 0 Å². The second-order valence-corrected chi connectivity index (χ2v) is 3.60. The van der Waals surface area contributed by atoms with Gasteiger partial charge in [-0.05, 0) is 12.8 Å². The summed E-state index contributed by atoms with van der Waals surface area (Å²) >= 11 is 0. The van der Waals surface area contributed by atoms with Crippen LogP contribution in [0.5, 0.6) is 0 Å². The minimum Gasteiger partial charge on any atom is -0.328 e. The second-order valence-electron chi connectivity index (χ2n) is 3.60. The topological polar surface area (TPSA) is 59.8 Å². The van der Waals surface area contributed by atoms with Gasteiger partial charge in [0.2, 0.25) is 5.95 Å². The summed E-state index contributed by atoms with van der Waals surface area (Å²) in [6.45, 7) is 0.580. The molecule has 3 rings (SSSR count). The van der Waals surface area contributed by atoms with Crippen molar-refractivity contribution in [1.82, 2.24) is 14.8 Å². The van der Waals surface area contributed by atoms with E-state index in [0.717, 1.165) is 30.1 Å². The van der Waals surface area contributed by atoms with E-state index in [1.54, 1.807) is 4.68 Å². The Morgan fingerprint density at radius 2 is 2.36 bits per heavy atom. The number of nitrogens with zero attached hydrogens (tertiary/aromatic N) is 3. The van der Waals surface area contributed by atoms with Crippen molar-refractivity contribution < 1.29 is 4.79 Å². The monoisotopic (exact) mass is 190 g/mol. The van der Waals surface area contributed by atoms with Crippen LogP contribution in [0.1, 0.15) is 19.3 Å². The molecule has 1 aromatic heterocycles. The van der Waals surface area contributed by atoms with E-state index in [1.165, 1.54) is 6.33 Å². The molecule has 0 amide bonds. The van der Waals surface area contributed by atoms with Gasteiger partial charge in [-0.2, -0.15) is 10.1 Å². The van der Waals surface area contributed by atoms with E-state index in [-0.39, 0.29) is 5.78 Å². The third kappa shape index (κ3) is 0.982. The molecule has 2 heterocycles. The molecule has 1 N–H and O–H groups in total. The van der Waals surface area contributed by atoms with Crippen molar-refractivity contribution in [3.8, 4) is 0 Å². The molecule has 0 spiro atoms. The summed E-state index contributed by atoms with van der Waals surface area (Å²) in [5.41, 5.74) is 1.93. The maximum absolute atomic E-state index is 11.6. The van der Waals surface area contributed by atoms with Gasteiger partial charge in [0, 0.05) is 17.7 Å². The molecule has 0 bridgehead atoms. The van der Waals surface area contributed by atoms with Crippen molar-refractivity contribution >= 4 is 11.7 Å². The predicted molar refractivity (Wildman–Crippen MR) is 49.5 cm³/mol. The molecular weight excluding hydrogens is 180 g/mol. The molecule has 0 unspecified atom stereocenters. The van der Waals surface area contributed by atoms with Crippen molar-refractivity contribution in [1.29, 1.82) is 0 Å². The van der Waals surface area contributed by atoms with Gasteiger partial charge in [0.1, 0.15) is 6.33 Å². The van der Waals surface area contributed by atoms with E-state index < -0.39 is 0 Å². The Balaban J connectivity index is 2.04. The van der Waals surface area contributed by atoms with Crippen molar-refractivity contribution in [3.63, 3.8) is 0 Å². The van der Waals surface area contributed by atoms with Crippen molar-refractivity contribution in [2.24, 2.45) is 0 Å². The maximum Gasteiger partial charge on any atom is 0.225 e. The van der Waals surface area contributed by atoms with Gasteiger partial charge < -0.3 is 5.32 Å². The summed E-state index contributed by atoms with van der Waals surface area (Å²) < 4.78 is 1.72. The molecule has 0 aromatic carbocycles. The number of hydrogen-bond donors (Lipinski definition) is 1. The van der Waals surface area contributed by atoms with Crippen LogP contribution in [0.3, 0.4) is 0 Å². The molecule has 0 fully saturated rings. The number of anilines is 1. The maximum atomic E-state index is 11.6. The summed E-state index contributed by atoms with van der Waals surface area (Å²) in [5, 5.41) is 7.20. The molecule has 1 aliphatic heterocycles. The van der Waals surface area contributed by atoms with Gasteiger partial charge in [-0.15, -0.1) is 0 Å². The summed E-state index contributed by atoms with van der Waals surface area (Å²) in [6.07, 6.45) is 4.07. The number of fused-ring (bicyclic) bond motifs is 1. The summed E-state index contributed by atoms with van der Waals surface area (Å²) in [6, 6.07) is 0. The van der Waals surface area contributed by atoms with Gasteiger partial charge >= 0.3 is 0 Å². The van der Waals surface area contributed by atoms with Crippen molar-refractivity contribution in [2.45, 2.75) is 25.8 Å². The highest BCUT2D eigenvalue weighted by Crippen LogP contribution is 2.27. The first kappa shape index (κ1) is 7.73. The zero-order valence-electron chi connectivity index (χ0n) is 7.66. The normalized spacial score (nSPS) is 20.1. The SMILES string of the molecule is O=C1CCCC2=C1Cn1ncnc1N2. The fourth-order valence-electron chi connectivity index (χ4n) is 1.98. The molecule has 2 aliphatic rings. The number of aromatic nitrogens is 3. The highest BCUT2D eigenvalue weighted by molar-refractivity contribution is 5.97. The van der Waals surface area contributed by atoms with E-state index in [2.05, 4.69) is 15.4 Å². The van der Waals surface area contributed by atoms with E-state index in [4.69, 9.17) is 0 Å². The van der Waals surface area contributed by atoms with Gasteiger partial charge in [0.25, 0.3) is 0 Å². The average molecular weight is 190 g/mol. The Hall–Kier alpha value is -1.65. The fourth-order valence-corrected chi connectivity index (χ4v) is 1.98. The molecule has 0 radical (unpaired) electrons. The fraction of sp³-hybridized carbons (Fsp3) is 0.444. The van der Waals surface area contributed by atoms with Crippen molar-refractivity contribution in [2.75, 3.05) is 5.32 Å². The number of ketones is 1. The van der Waals surface area contributed by atoms with Gasteiger partial charge in [0.15, 0.2) is 5.78 Å². The van der Waals surface area contributed by atoms with Gasteiger partial charge in [-0.25, -0.2) is 4.68 Å². The molecule has 5 nitrogen and oxygen atoms in total. The van der Waals surface area contributed by atoms with Crippen LogP contribution < -0.4 is 5.32 Å². The zero-order valence-corrected chi connectivity index (χ0v) is 7.66. The highest BCUT2D eigenvalue weighted by Gasteiger charge is 2.26. The molecular formula is C9H10N4O. The number of nitrogens with one attached hydrogen (secondary N) is 1. The third-order valence-electron chi connectivity index (χ3n) is 2.72. The molecule has 5 heteroatoms. The lowest BCUT2D eigenvalue weighted by Crippen LogP contribution is -2.26. The standard InChI is InChI=1S/C9H10N4O/c14-8-3-1-2-7-6(8)4-13-9(12-7)10-5-11-13/h5H,1-4H2,(H,10,11,12). The van der Waals surface area contributed by atoms with Crippen LogP contribution in [0.25, 0.3) is 0 Å². The van der Waals surface area contributed by atoms with Gasteiger partial charge in [0.05, 0.1) is 6.54 Å². The van der Waals surface area contributed by atoms with E-state index in [9.17, 15) is 4.79 Å². The molecule has 0 saturated carbocycles.